The Kier molecular flexibility index (Phi) is 6.08. The topological polar surface area (TPSA) is 105 Å². The largest absolute Gasteiger partial charge is 0.490 e. The van der Waals surface area contributed by atoms with Crippen LogP contribution < -0.4 is 15.2 Å². The van der Waals surface area contributed by atoms with E-state index < -0.39 is 0 Å². The monoisotopic (exact) mass is 324 g/mol. The number of nitrogens with zero attached hydrogens (tertiary/aromatic N) is 1. The van der Waals surface area contributed by atoms with Gasteiger partial charge in [0.15, 0.2) is 0 Å². The molecule has 124 valence electrons. The first-order valence-electron chi connectivity index (χ1n) is 7.43. The number of pyridine rings is 1. The van der Waals surface area contributed by atoms with Gasteiger partial charge in [-0.25, -0.2) is 0 Å². The Morgan fingerprint density at radius 1 is 1.00 bits per heavy atom. The van der Waals surface area contributed by atoms with Crippen LogP contribution in [0.15, 0.2) is 54.7 Å². The molecule has 6 heteroatoms. The summed E-state index contributed by atoms with van der Waals surface area (Å²) in [4.78, 5) is 4.13. The lowest BCUT2D eigenvalue weighted by Crippen LogP contribution is -2.10. The number of rotatable bonds is 8. The maximum Gasteiger partial charge on any atom is 0.138 e. The maximum atomic E-state index is 7.48. The molecule has 0 aliphatic heterocycles. The predicted molar refractivity (Wildman–Crippen MR) is 94.3 cm³/mol. The molecule has 24 heavy (non-hydrogen) atoms. The predicted octanol–water partition coefficient (Wildman–Crippen LogP) is 2.77. The lowest BCUT2D eigenvalue weighted by atomic mass is 10.2. The van der Waals surface area contributed by atoms with E-state index in [0.29, 0.717) is 41.7 Å². The van der Waals surface area contributed by atoms with Crippen molar-refractivity contribution in [3.05, 3.63) is 66.0 Å². The fourth-order valence-corrected chi connectivity index (χ4v) is 1.84. The number of amidine groups is 1. The molecule has 1 aromatic carbocycles. The molecule has 4 N–H and O–H groups in total. The van der Waals surface area contributed by atoms with Crippen LogP contribution in [-0.4, -0.2) is 29.7 Å². The first kappa shape index (κ1) is 17.2. The second-order valence-corrected chi connectivity index (χ2v) is 5.04. The summed E-state index contributed by atoms with van der Waals surface area (Å²) >= 11 is 0. The lowest BCUT2D eigenvalue weighted by Gasteiger charge is -2.05. The smallest absolute Gasteiger partial charge is 0.138 e. The third kappa shape index (κ3) is 5.24. The van der Waals surface area contributed by atoms with E-state index in [0.717, 1.165) is 0 Å². The number of aromatic nitrogens is 1. The standard InChI is InChI=1S/C18H20N4O2/c1-13(19)17-9-8-16(12-22-17)24-11-3-2-10-23-15-6-4-14(5-7-15)18(20)21/h2-9,12,19H,10-11H2,1H3,(H3,20,21)/b3-2+,19-13?. The van der Waals surface area contributed by atoms with Gasteiger partial charge in [0.05, 0.1) is 17.6 Å². The number of hydrogen-bond acceptors (Lipinski definition) is 5. The highest BCUT2D eigenvalue weighted by atomic mass is 16.5. The minimum atomic E-state index is 0.0388. The van der Waals surface area contributed by atoms with Crippen LogP contribution in [0.1, 0.15) is 18.2 Å². The lowest BCUT2D eigenvalue weighted by molar-refractivity contribution is 0.349. The van der Waals surface area contributed by atoms with Crippen LogP contribution in [0.3, 0.4) is 0 Å². The Bertz CT molecular complexity index is 658. The average Bonchev–Trinajstić information content (AvgIpc) is 2.58. The van der Waals surface area contributed by atoms with E-state index in [1.54, 1.807) is 49.5 Å². The second kappa shape index (κ2) is 8.47. The van der Waals surface area contributed by atoms with Gasteiger partial charge in [0.2, 0.25) is 0 Å². The molecule has 0 radical (unpaired) electrons. The molecule has 1 heterocycles. The number of nitrogens with two attached hydrogens (primary N) is 1. The Labute approximate surface area is 141 Å². The van der Waals surface area contributed by atoms with Crippen LogP contribution in [0.2, 0.25) is 0 Å². The number of ether oxygens (including phenoxy) is 2. The Morgan fingerprint density at radius 3 is 2.08 bits per heavy atom. The molecule has 0 aliphatic carbocycles. The Balaban J connectivity index is 1.71. The Morgan fingerprint density at radius 2 is 1.58 bits per heavy atom. The number of hydrogen-bond donors (Lipinski definition) is 3. The maximum absolute atomic E-state index is 7.48. The molecule has 0 unspecified atom stereocenters. The van der Waals surface area contributed by atoms with E-state index in [4.69, 9.17) is 26.0 Å². The summed E-state index contributed by atoms with van der Waals surface area (Å²) in [6.45, 7) is 2.53. The van der Waals surface area contributed by atoms with E-state index in [1.807, 2.05) is 12.2 Å². The van der Waals surface area contributed by atoms with Crippen molar-refractivity contribution in [1.29, 1.82) is 10.8 Å². The fraction of sp³-hybridized carbons (Fsp3) is 0.167. The summed E-state index contributed by atoms with van der Waals surface area (Å²) < 4.78 is 11.1. The molecule has 0 atom stereocenters. The van der Waals surface area contributed by atoms with Gasteiger partial charge < -0.3 is 20.6 Å². The van der Waals surface area contributed by atoms with Gasteiger partial charge in [0.25, 0.3) is 0 Å². The van der Waals surface area contributed by atoms with Gasteiger partial charge in [0, 0.05) is 5.56 Å². The van der Waals surface area contributed by atoms with Crippen molar-refractivity contribution < 1.29 is 9.47 Å². The van der Waals surface area contributed by atoms with Gasteiger partial charge in [-0.05, 0) is 55.5 Å². The van der Waals surface area contributed by atoms with Crippen LogP contribution in [0, 0.1) is 10.8 Å². The molecule has 0 amide bonds. The summed E-state index contributed by atoms with van der Waals surface area (Å²) in [5.74, 6) is 1.41. The highest BCUT2D eigenvalue weighted by Crippen LogP contribution is 2.12. The molecule has 1 aromatic heterocycles. The van der Waals surface area contributed by atoms with E-state index >= 15 is 0 Å². The fourth-order valence-electron chi connectivity index (χ4n) is 1.84. The second-order valence-electron chi connectivity index (χ2n) is 5.04. The van der Waals surface area contributed by atoms with E-state index in [1.165, 1.54) is 0 Å². The van der Waals surface area contributed by atoms with Crippen molar-refractivity contribution >= 4 is 11.5 Å². The quantitative estimate of drug-likeness (QED) is 0.394. The third-order valence-electron chi connectivity index (χ3n) is 3.14. The third-order valence-corrected chi connectivity index (χ3v) is 3.14. The summed E-state index contributed by atoms with van der Waals surface area (Å²) in [5.41, 5.74) is 7.13. The first-order chi connectivity index (χ1) is 11.6. The van der Waals surface area contributed by atoms with Crippen molar-refractivity contribution in [3.8, 4) is 11.5 Å². The summed E-state index contributed by atoms with van der Waals surface area (Å²) in [5, 5.41) is 14.8. The van der Waals surface area contributed by atoms with Crippen LogP contribution in [0.5, 0.6) is 11.5 Å². The molecule has 0 spiro atoms. The van der Waals surface area contributed by atoms with Crippen LogP contribution in [0.4, 0.5) is 0 Å². The molecule has 0 fully saturated rings. The Hall–Kier alpha value is -3.15. The summed E-state index contributed by atoms with van der Waals surface area (Å²) in [7, 11) is 0. The summed E-state index contributed by atoms with van der Waals surface area (Å²) in [6, 6.07) is 10.6. The van der Waals surface area contributed by atoms with Crippen molar-refractivity contribution in [1.82, 2.24) is 4.98 Å². The van der Waals surface area contributed by atoms with Gasteiger partial charge in [-0.15, -0.1) is 0 Å². The van der Waals surface area contributed by atoms with Crippen LogP contribution >= 0.6 is 0 Å². The molecule has 0 saturated carbocycles. The molecular formula is C18H20N4O2. The van der Waals surface area contributed by atoms with Crippen LogP contribution in [-0.2, 0) is 0 Å². The highest BCUT2D eigenvalue weighted by molar-refractivity contribution is 5.95. The molecule has 2 rings (SSSR count). The molecule has 0 bridgehead atoms. The normalized spacial score (nSPS) is 10.5. The van der Waals surface area contributed by atoms with Gasteiger partial charge in [0.1, 0.15) is 30.5 Å². The summed E-state index contributed by atoms with van der Waals surface area (Å²) in [6.07, 6.45) is 5.33. The molecule has 0 aliphatic rings. The number of nitrogen functional groups attached to an aromatic ring is 1. The van der Waals surface area contributed by atoms with E-state index in [9.17, 15) is 0 Å². The number of nitrogens with one attached hydrogen (secondary N) is 2. The highest BCUT2D eigenvalue weighted by Gasteiger charge is 1.98. The minimum Gasteiger partial charge on any atom is -0.490 e. The van der Waals surface area contributed by atoms with Crippen molar-refractivity contribution in [3.63, 3.8) is 0 Å². The molecule has 6 nitrogen and oxygen atoms in total. The van der Waals surface area contributed by atoms with E-state index in [2.05, 4.69) is 4.98 Å². The van der Waals surface area contributed by atoms with Crippen molar-refractivity contribution in [2.45, 2.75) is 6.92 Å². The zero-order valence-corrected chi connectivity index (χ0v) is 13.5. The van der Waals surface area contributed by atoms with E-state index in [-0.39, 0.29) is 5.84 Å². The van der Waals surface area contributed by atoms with Crippen LogP contribution in [0.25, 0.3) is 0 Å². The molecule has 2 aromatic rings. The average molecular weight is 324 g/mol. The van der Waals surface area contributed by atoms with Gasteiger partial charge in [-0.3, -0.25) is 10.4 Å². The van der Waals surface area contributed by atoms with Gasteiger partial charge in [-0.2, -0.15) is 0 Å². The molecular weight excluding hydrogens is 304 g/mol. The van der Waals surface area contributed by atoms with Crippen molar-refractivity contribution in [2.24, 2.45) is 5.73 Å². The zero-order chi connectivity index (χ0) is 17.4. The number of benzene rings is 1. The minimum absolute atomic E-state index is 0.0388. The van der Waals surface area contributed by atoms with Crippen molar-refractivity contribution in [2.75, 3.05) is 13.2 Å². The first-order valence-corrected chi connectivity index (χ1v) is 7.43. The van der Waals surface area contributed by atoms with Gasteiger partial charge in [-0.1, -0.05) is 0 Å². The zero-order valence-electron chi connectivity index (χ0n) is 13.5. The van der Waals surface area contributed by atoms with Gasteiger partial charge >= 0.3 is 0 Å². The molecule has 0 saturated heterocycles. The SMILES string of the molecule is CC(=N)c1ccc(OC/C=C/COc2ccc(C(=N)N)cc2)cn1.